The lowest BCUT2D eigenvalue weighted by atomic mass is 10.2. The third-order valence-corrected chi connectivity index (χ3v) is 4.48. The fourth-order valence-corrected chi connectivity index (χ4v) is 3.00. The number of aryl methyl sites for hydroxylation is 1. The van der Waals surface area contributed by atoms with E-state index in [1.165, 1.54) is 32.2 Å². The number of sulfonamides is 1. The van der Waals surface area contributed by atoms with Crippen molar-refractivity contribution in [2.24, 2.45) is 4.99 Å². The van der Waals surface area contributed by atoms with Gasteiger partial charge in [0.2, 0.25) is 5.88 Å². The topological polar surface area (TPSA) is 160 Å². The first-order valence-electron chi connectivity index (χ1n) is 6.93. The van der Waals surface area contributed by atoms with Crippen LogP contribution in [0, 0.1) is 6.92 Å². The highest BCUT2D eigenvalue weighted by atomic mass is 32.2. The zero-order chi connectivity index (χ0) is 19.5. The number of carbonyl (C=O) groups excluding carboxylic acids is 1. The molecule has 2 rings (SSSR count). The van der Waals surface area contributed by atoms with Crippen LogP contribution in [0.25, 0.3) is 0 Å². The lowest BCUT2D eigenvalue weighted by Crippen LogP contribution is -2.33. The summed E-state index contributed by atoms with van der Waals surface area (Å²) < 4.78 is 31.5. The summed E-state index contributed by atoms with van der Waals surface area (Å²) in [6.07, 6.45) is 0. The van der Waals surface area contributed by atoms with E-state index in [1.807, 2.05) is 0 Å². The first-order valence-corrected chi connectivity index (χ1v) is 8.42. The Kier molecular flexibility index (Phi) is 5.26. The molecule has 0 aliphatic heterocycles. The smallest absolute Gasteiger partial charge is 0.358 e. The third kappa shape index (κ3) is 3.97. The van der Waals surface area contributed by atoms with Gasteiger partial charge in [-0.05, 0) is 19.1 Å². The molecule has 0 radical (unpaired) electrons. The van der Waals surface area contributed by atoms with Crippen molar-refractivity contribution >= 4 is 22.0 Å². The monoisotopic (exact) mass is 382 g/mol. The first kappa shape index (κ1) is 18.9. The summed E-state index contributed by atoms with van der Waals surface area (Å²) in [5.74, 6) is -1.44. The Bertz CT molecular complexity index is 1040. The Morgan fingerprint density at radius 1 is 1.31 bits per heavy atom. The normalized spacial score (nSPS) is 11.8. The quantitative estimate of drug-likeness (QED) is 0.629. The lowest BCUT2D eigenvalue weighted by molar-refractivity contribution is 0.0692. The van der Waals surface area contributed by atoms with E-state index in [0.29, 0.717) is 4.73 Å². The van der Waals surface area contributed by atoms with Gasteiger partial charge in [0, 0.05) is 6.07 Å². The number of benzene rings is 1. The summed E-state index contributed by atoms with van der Waals surface area (Å²) >= 11 is 0. The number of nitrogens with zero attached hydrogens (tertiary/aromatic N) is 3. The fraction of sp³-hybridized carbons (Fsp3) is 0.143. The zero-order valence-electron chi connectivity index (χ0n) is 13.6. The van der Waals surface area contributed by atoms with Gasteiger partial charge in [0.15, 0.2) is 0 Å². The molecule has 0 bridgehead atoms. The van der Waals surface area contributed by atoms with Crippen LogP contribution in [0.5, 0.6) is 5.88 Å². The van der Waals surface area contributed by atoms with Crippen molar-refractivity contribution in [2.75, 3.05) is 7.11 Å². The summed E-state index contributed by atoms with van der Waals surface area (Å²) in [5.41, 5.74) is -0.816. The summed E-state index contributed by atoms with van der Waals surface area (Å²) in [5, 5.41) is 18.9. The Labute approximate surface area is 147 Å². The van der Waals surface area contributed by atoms with E-state index in [-0.39, 0.29) is 11.6 Å². The van der Waals surface area contributed by atoms with E-state index in [4.69, 9.17) is 9.84 Å². The van der Waals surface area contributed by atoms with E-state index < -0.39 is 38.1 Å². The number of carboxylic acids is 1. The van der Waals surface area contributed by atoms with Crippen LogP contribution in [0.2, 0.25) is 0 Å². The van der Waals surface area contributed by atoms with E-state index in [0.717, 1.165) is 12.1 Å². The molecule has 0 aliphatic carbocycles. The van der Waals surface area contributed by atoms with Crippen molar-refractivity contribution in [1.82, 2.24) is 14.4 Å². The van der Waals surface area contributed by atoms with Gasteiger partial charge in [-0.25, -0.2) is 22.7 Å². The van der Waals surface area contributed by atoms with Crippen LogP contribution in [0.3, 0.4) is 0 Å². The maximum Gasteiger partial charge on any atom is 0.358 e. The number of hydrogen-bond donors (Lipinski definition) is 3. The van der Waals surface area contributed by atoms with Crippen molar-refractivity contribution in [3.05, 3.63) is 47.2 Å². The summed E-state index contributed by atoms with van der Waals surface area (Å²) in [6, 6.07) is 4.72. The van der Waals surface area contributed by atoms with Crippen LogP contribution < -0.4 is 15.1 Å². The number of ether oxygens (including phenoxy) is 1. The molecule has 1 aromatic carbocycles. The molecule has 11 nitrogen and oxygen atoms in total. The molecule has 0 saturated carbocycles. The number of aromatic carboxylic acids is 1. The van der Waals surface area contributed by atoms with Crippen molar-refractivity contribution < 1.29 is 33.1 Å². The molecule has 138 valence electrons. The van der Waals surface area contributed by atoms with Gasteiger partial charge in [-0.15, -0.1) is 0 Å². The molecule has 3 N–H and O–H groups in total. The average Bonchev–Trinajstić information content (AvgIpc) is 2.58. The van der Waals surface area contributed by atoms with E-state index in [9.17, 15) is 23.2 Å². The standard InChI is InChI=1S/C14H14N4O7S/c1-8-7-11(25-2)15-13(18(8)22)16-14(21)17-26(23,24)10-6-4-3-5-9(10)12(19)20/h3-7,22H,1-2H3,(H,17,21)(H,19,20). The van der Waals surface area contributed by atoms with Gasteiger partial charge in [-0.2, -0.15) is 14.7 Å². The van der Waals surface area contributed by atoms with Crippen LogP contribution in [0.15, 0.2) is 40.2 Å². The summed E-state index contributed by atoms with van der Waals surface area (Å²) in [6.45, 7) is 1.47. The second-order valence-corrected chi connectivity index (χ2v) is 6.53. The second-order valence-electron chi connectivity index (χ2n) is 4.88. The van der Waals surface area contributed by atoms with Crippen LogP contribution in [0.1, 0.15) is 16.1 Å². The van der Waals surface area contributed by atoms with Gasteiger partial charge in [0.25, 0.3) is 15.6 Å². The summed E-state index contributed by atoms with van der Waals surface area (Å²) in [4.78, 5) is 29.5. The molecule has 1 heterocycles. The number of aromatic nitrogens is 2. The first-order chi connectivity index (χ1) is 12.2. The van der Waals surface area contributed by atoms with E-state index in [1.54, 1.807) is 4.72 Å². The Balaban J connectivity index is 2.42. The lowest BCUT2D eigenvalue weighted by Gasteiger charge is -2.08. The van der Waals surface area contributed by atoms with Crippen LogP contribution >= 0.6 is 0 Å². The number of methoxy groups -OCH3 is 1. The van der Waals surface area contributed by atoms with Crippen LogP contribution in [-0.4, -0.2) is 47.6 Å². The molecule has 12 heteroatoms. The highest BCUT2D eigenvalue weighted by Crippen LogP contribution is 2.15. The van der Waals surface area contributed by atoms with Crippen LogP contribution in [0.4, 0.5) is 4.79 Å². The highest BCUT2D eigenvalue weighted by Gasteiger charge is 2.23. The van der Waals surface area contributed by atoms with Crippen molar-refractivity contribution in [2.45, 2.75) is 11.8 Å². The predicted octanol–water partition coefficient (Wildman–Crippen LogP) is 0.135. The molecule has 0 atom stereocenters. The molecular formula is C14H14N4O7S. The van der Waals surface area contributed by atoms with E-state index >= 15 is 0 Å². The Morgan fingerprint density at radius 2 is 1.96 bits per heavy atom. The number of urea groups is 1. The molecule has 0 unspecified atom stereocenters. The number of hydrogen-bond acceptors (Lipinski definition) is 7. The van der Waals surface area contributed by atoms with E-state index in [2.05, 4.69) is 9.98 Å². The highest BCUT2D eigenvalue weighted by molar-refractivity contribution is 7.90. The van der Waals surface area contributed by atoms with Crippen molar-refractivity contribution in [3.63, 3.8) is 0 Å². The average molecular weight is 382 g/mol. The van der Waals surface area contributed by atoms with Gasteiger partial charge in [0.05, 0.1) is 18.4 Å². The van der Waals surface area contributed by atoms with Gasteiger partial charge in [-0.1, -0.05) is 12.1 Å². The summed E-state index contributed by atoms with van der Waals surface area (Å²) in [7, 11) is -3.21. The van der Waals surface area contributed by atoms with Gasteiger partial charge in [0.1, 0.15) is 4.90 Å². The number of amides is 2. The molecule has 2 amide bonds. The molecule has 0 spiro atoms. The minimum absolute atomic E-state index is 0.0402. The molecule has 26 heavy (non-hydrogen) atoms. The van der Waals surface area contributed by atoms with Gasteiger partial charge >= 0.3 is 12.0 Å². The SMILES string of the molecule is COc1cc(C)n(O)c(=NC(=O)NS(=O)(=O)c2ccccc2C(=O)O)n1. The molecule has 0 saturated heterocycles. The molecule has 1 aromatic heterocycles. The number of nitrogens with one attached hydrogen (secondary N) is 1. The molecule has 2 aromatic rings. The number of carboxylic acid groups (broad SMARTS) is 1. The van der Waals surface area contributed by atoms with Gasteiger partial charge < -0.3 is 15.1 Å². The Morgan fingerprint density at radius 3 is 2.58 bits per heavy atom. The number of carbonyl (C=O) groups is 2. The van der Waals surface area contributed by atoms with Crippen LogP contribution in [-0.2, 0) is 10.0 Å². The zero-order valence-corrected chi connectivity index (χ0v) is 14.4. The number of rotatable bonds is 4. The van der Waals surface area contributed by atoms with Crippen molar-refractivity contribution in [3.8, 4) is 5.88 Å². The second kappa shape index (κ2) is 7.23. The predicted molar refractivity (Wildman–Crippen MR) is 85.4 cm³/mol. The minimum Gasteiger partial charge on any atom is -0.481 e. The molecular weight excluding hydrogens is 368 g/mol. The fourth-order valence-electron chi connectivity index (χ4n) is 1.91. The Hall–Kier alpha value is -3.41. The molecule has 0 fully saturated rings. The largest absolute Gasteiger partial charge is 0.481 e. The third-order valence-electron chi connectivity index (χ3n) is 3.11. The van der Waals surface area contributed by atoms with Crippen molar-refractivity contribution in [1.29, 1.82) is 0 Å². The van der Waals surface area contributed by atoms with Gasteiger partial charge in [-0.3, -0.25) is 0 Å². The minimum atomic E-state index is -4.52. The maximum atomic E-state index is 12.3. The maximum absolute atomic E-state index is 12.3. The molecule has 0 aliphatic rings.